The molecule has 1 heterocycles. The van der Waals surface area contributed by atoms with E-state index in [9.17, 15) is 4.79 Å². The SMILES string of the molecule is CCn1nnnc1-c1cccc(NC(=O)[C@@H](N)C(C)C)c1. The normalized spacial score (nSPS) is 12.4. The van der Waals surface area contributed by atoms with Crippen molar-refractivity contribution in [2.45, 2.75) is 33.4 Å². The summed E-state index contributed by atoms with van der Waals surface area (Å²) in [4.78, 5) is 12.0. The van der Waals surface area contributed by atoms with E-state index in [-0.39, 0.29) is 11.8 Å². The number of nitrogens with two attached hydrogens (primary N) is 1. The summed E-state index contributed by atoms with van der Waals surface area (Å²) in [5, 5.41) is 14.4. The molecule has 0 fully saturated rings. The van der Waals surface area contributed by atoms with Crippen molar-refractivity contribution in [1.29, 1.82) is 0 Å². The maximum absolute atomic E-state index is 12.0. The van der Waals surface area contributed by atoms with E-state index in [0.29, 0.717) is 18.1 Å². The number of nitrogens with zero attached hydrogens (tertiary/aromatic N) is 4. The number of hydrogen-bond acceptors (Lipinski definition) is 5. The number of carbonyl (C=O) groups excluding carboxylic acids is 1. The molecule has 0 saturated carbocycles. The second-order valence-electron chi connectivity index (χ2n) is 5.16. The van der Waals surface area contributed by atoms with Crippen LogP contribution in [0.25, 0.3) is 11.4 Å². The third-order valence-electron chi connectivity index (χ3n) is 3.24. The number of hydrogen-bond donors (Lipinski definition) is 2. The van der Waals surface area contributed by atoms with Gasteiger partial charge in [0, 0.05) is 17.8 Å². The zero-order chi connectivity index (χ0) is 15.4. The number of carbonyl (C=O) groups is 1. The molecule has 0 unspecified atom stereocenters. The van der Waals surface area contributed by atoms with Gasteiger partial charge in [-0.25, -0.2) is 4.68 Å². The fourth-order valence-corrected chi connectivity index (χ4v) is 1.89. The number of aromatic nitrogens is 4. The van der Waals surface area contributed by atoms with E-state index in [0.717, 1.165) is 5.56 Å². The second kappa shape index (κ2) is 6.45. The average molecular weight is 288 g/mol. The van der Waals surface area contributed by atoms with Crippen LogP contribution < -0.4 is 11.1 Å². The van der Waals surface area contributed by atoms with E-state index >= 15 is 0 Å². The Bertz CT molecular complexity index is 621. The van der Waals surface area contributed by atoms with Gasteiger partial charge >= 0.3 is 0 Å². The first-order valence-electron chi connectivity index (χ1n) is 6.96. The molecule has 2 rings (SSSR count). The van der Waals surface area contributed by atoms with Crippen molar-refractivity contribution in [3.8, 4) is 11.4 Å². The lowest BCUT2D eigenvalue weighted by Gasteiger charge is -2.15. The summed E-state index contributed by atoms with van der Waals surface area (Å²) in [5.41, 5.74) is 7.36. The molecule has 0 aliphatic rings. The maximum atomic E-state index is 12.0. The first kappa shape index (κ1) is 15.1. The second-order valence-corrected chi connectivity index (χ2v) is 5.16. The predicted octanol–water partition coefficient (Wildman–Crippen LogP) is 1.28. The van der Waals surface area contributed by atoms with Crippen LogP contribution in [0.4, 0.5) is 5.69 Å². The summed E-state index contributed by atoms with van der Waals surface area (Å²) < 4.78 is 1.70. The first-order valence-corrected chi connectivity index (χ1v) is 6.96. The summed E-state index contributed by atoms with van der Waals surface area (Å²) in [6, 6.07) is 6.86. The number of rotatable bonds is 5. The van der Waals surface area contributed by atoms with E-state index in [1.54, 1.807) is 4.68 Å². The minimum atomic E-state index is -0.533. The zero-order valence-corrected chi connectivity index (χ0v) is 12.4. The molecule has 0 bridgehead atoms. The van der Waals surface area contributed by atoms with Crippen LogP contribution >= 0.6 is 0 Å². The van der Waals surface area contributed by atoms with Gasteiger partial charge in [-0.2, -0.15) is 0 Å². The molecule has 1 atom stereocenters. The van der Waals surface area contributed by atoms with Crippen molar-refractivity contribution in [1.82, 2.24) is 20.2 Å². The highest BCUT2D eigenvalue weighted by Crippen LogP contribution is 2.20. The highest BCUT2D eigenvalue weighted by atomic mass is 16.2. The van der Waals surface area contributed by atoms with Gasteiger partial charge in [-0.15, -0.1) is 5.10 Å². The molecule has 7 nitrogen and oxygen atoms in total. The molecule has 21 heavy (non-hydrogen) atoms. The fraction of sp³-hybridized carbons (Fsp3) is 0.429. The van der Waals surface area contributed by atoms with Crippen LogP contribution in [-0.4, -0.2) is 32.2 Å². The van der Waals surface area contributed by atoms with Gasteiger partial charge in [-0.05, 0) is 35.4 Å². The number of tetrazole rings is 1. The molecule has 0 saturated heterocycles. The molecule has 0 aliphatic heterocycles. The van der Waals surface area contributed by atoms with E-state index in [2.05, 4.69) is 20.8 Å². The van der Waals surface area contributed by atoms with Gasteiger partial charge in [0.15, 0.2) is 5.82 Å². The molecule has 1 amide bonds. The quantitative estimate of drug-likeness (QED) is 0.863. The summed E-state index contributed by atoms with van der Waals surface area (Å²) in [6.07, 6.45) is 0. The molecular weight excluding hydrogens is 268 g/mol. The van der Waals surface area contributed by atoms with E-state index < -0.39 is 6.04 Å². The minimum absolute atomic E-state index is 0.0839. The van der Waals surface area contributed by atoms with Crippen molar-refractivity contribution in [3.63, 3.8) is 0 Å². The monoisotopic (exact) mass is 288 g/mol. The number of aryl methyl sites for hydroxylation is 1. The number of amides is 1. The fourth-order valence-electron chi connectivity index (χ4n) is 1.89. The third kappa shape index (κ3) is 3.43. The topological polar surface area (TPSA) is 98.7 Å². The standard InChI is InChI=1S/C14H20N6O/c1-4-20-13(17-18-19-20)10-6-5-7-11(8-10)16-14(21)12(15)9(2)3/h5-9,12H,4,15H2,1-3H3,(H,16,21)/t12-/m0/s1. The Kier molecular flexibility index (Phi) is 4.64. The molecule has 1 aromatic heterocycles. The Balaban J connectivity index is 2.21. The first-order chi connectivity index (χ1) is 10.0. The highest BCUT2D eigenvalue weighted by molar-refractivity contribution is 5.95. The zero-order valence-electron chi connectivity index (χ0n) is 12.4. The Morgan fingerprint density at radius 3 is 2.86 bits per heavy atom. The van der Waals surface area contributed by atoms with Crippen LogP contribution in [0.15, 0.2) is 24.3 Å². The smallest absolute Gasteiger partial charge is 0.241 e. The molecular formula is C14H20N6O. The lowest BCUT2D eigenvalue weighted by molar-refractivity contribution is -0.118. The van der Waals surface area contributed by atoms with Gasteiger partial charge in [-0.3, -0.25) is 4.79 Å². The third-order valence-corrected chi connectivity index (χ3v) is 3.24. The van der Waals surface area contributed by atoms with Gasteiger partial charge in [0.25, 0.3) is 0 Å². The lowest BCUT2D eigenvalue weighted by Crippen LogP contribution is -2.39. The average Bonchev–Trinajstić information content (AvgIpc) is 2.95. The van der Waals surface area contributed by atoms with Crippen LogP contribution in [0.1, 0.15) is 20.8 Å². The summed E-state index contributed by atoms with van der Waals surface area (Å²) >= 11 is 0. The van der Waals surface area contributed by atoms with E-state index in [1.807, 2.05) is 45.0 Å². The highest BCUT2D eigenvalue weighted by Gasteiger charge is 2.17. The van der Waals surface area contributed by atoms with Gasteiger partial charge in [0.2, 0.25) is 5.91 Å². The Labute approximate surface area is 123 Å². The predicted molar refractivity (Wildman–Crippen MR) is 80.4 cm³/mol. The lowest BCUT2D eigenvalue weighted by atomic mass is 10.0. The van der Waals surface area contributed by atoms with Crippen LogP contribution in [0.5, 0.6) is 0 Å². The minimum Gasteiger partial charge on any atom is -0.325 e. The largest absolute Gasteiger partial charge is 0.325 e. The van der Waals surface area contributed by atoms with Gasteiger partial charge < -0.3 is 11.1 Å². The summed E-state index contributed by atoms with van der Waals surface area (Å²) in [7, 11) is 0. The summed E-state index contributed by atoms with van der Waals surface area (Å²) in [6.45, 7) is 6.47. The van der Waals surface area contributed by atoms with Crippen molar-refractivity contribution in [2.24, 2.45) is 11.7 Å². The number of benzene rings is 1. The van der Waals surface area contributed by atoms with Crippen LogP contribution in [-0.2, 0) is 11.3 Å². The molecule has 3 N–H and O–H groups in total. The summed E-state index contributed by atoms with van der Waals surface area (Å²) in [5.74, 6) is 0.555. The molecule has 0 aliphatic carbocycles. The molecule has 2 aromatic rings. The number of anilines is 1. The van der Waals surface area contributed by atoms with Crippen molar-refractivity contribution >= 4 is 11.6 Å². The molecule has 7 heteroatoms. The van der Waals surface area contributed by atoms with Gasteiger partial charge in [-0.1, -0.05) is 26.0 Å². The Hall–Kier alpha value is -2.28. The van der Waals surface area contributed by atoms with Crippen LogP contribution in [0.3, 0.4) is 0 Å². The molecule has 112 valence electrons. The Morgan fingerprint density at radius 1 is 1.43 bits per heavy atom. The molecule has 0 spiro atoms. The van der Waals surface area contributed by atoms with Gasteiger partial charge in [0.05, 0.1) is 6.04 Å². The van der Waals surface area contributed by atoms with Crippen LogP contribution in [0, 0.1) is 5.92 Å². The van der Waals surface area contributed by atoms with Crippen molar-refractivity contribution in [3.05, 3.63) is 24.3 Å². The number of nitrogens with one attached hydrogen (secondary N) is 1. The molecule has 0 radical (unpaired) electrons. The molecule has 1 aromatic carbocycles. The van der Waals surface area contributed by atoms with E-state index in [4.69, 9.17) is 5.73 Å². The maximum Gasteiger partial charge on any atom is 0.241 e. The van der Waals surface area contributed by atoms with Crippen molar-refractivity contribution in [2.75, 3.05) is 5.32 Å². The van der Waals surface area contributed by atoms with Crippen LogP contribution in [0.2, 0.25) is 0 Å². The van der Waals surface area contributed by atoms with Gasteiger partial charge in [0.1, 0.15) is 0 Å². The Morgan fingerprint density at radius 2 is 2.19 bits per heavy atom. The van der Waals surface area contributed by atoms with E-state index in [1.165, 1.54) is 0 Å². The van der Waals surface area contributed by atoms with Crippen molar-refractivity contribution < 1.29 is 4.79 Å².